The molecule has 0 amide bonds. The second-order valence-corrected chi connectivity index (χ2v) is 3.49. The number of halogens is 6. The molecule has 0 saturated heterocycles. The summed E-state index contributed by atoms with van der Waals surface area (Å²) in [7, 11) is 0. The molecule has 0 radical (unpaired) electrons. The van der Waals surface area contributed by atoms with E-state index in [-0.39, 0.29) is 6.07 Å². The van der Waals surface area contributed by atoms with Gasteiger partial charge in [-0.25, -0.2) is 8.78 Å². The molecule has 94 valence electrons. The predicted molar refractivity (Wildman–Crippen MR) is 47.7 cm³/mol. The van der Waals surface area contributed by atoms with Gasteiger partial charge in [-0.15, -0.1) is 0 Å². The maximum Gasteiger partial charge on any atom is 0.419 e. The average Bonchev–Trinajstić information content (AvgIpc) is 2.16. The van der Waals surface area contributed by atoms with Crippen molar-refractivity contribution < 1.29 is 31.9 Å². The SMILES string of the molecule is O=C(O)Cc1c(Cl)cc(C(F)(F)F)c(F)c1F. The van der Waals surface area contributed by atoms with E-state index in [9.17, 15) is 26.7 Å². The first-order valence-corrected chi connectivity index (χ1v) is 4.47. The van der Waals surface area contributed by atoms with E-state index in [1.165, 1.54) is 0 Å². The minimum absolute atomic E-state index is 0.165. The summed E-state index contributed by atoms with van der Waals surface area (Å²) in [5.74, 6) is -5.59. The van der Waals surface area contributed by atoms with E-state index >= 15 is 0 Å². The Morgan fingerprint density at radius 1 is 1.29 bits per heavy atom. The molecular weight excluding hydrogens is 271 g/mol. The first kappa shape index (κ1) is 13.7. The Labute approximate surface area is 96.6 Å². The fraction of sp³-hybridized carbons (Fsp3) is 0.222. The van der Waals surface area contributed by atoms with Crippen molar-refractivity contribution in [3.63, 3.8) is 0 Å². The Hall–Kier alpha value is -1.37. The zero-order chi connectivity index (χ0) is 13.4. The van der Waals surface area contributed by atoms with Gasteiger partial charge in [-0.2, -0.15) is 13.2 Å². The van der Waals surface area contributed by atoms with Gasteiger partial charge in [0.1, 0.15) is 0 Å². The third-order valence-corrected chi connectivity index (χ3v) is 2.22. The van der Waals surface area contributed by atoms with Crippen molar-refractivity contribution in [3.05, 3.63) is 33.9 Å². The molecule has 1 rings (SSSR count). The van der Waals surface area contributed by atoms with E-state index in [0.717, 1.165) is 0 Å². The molecule has 0 atom stereocenters. The number of hydrogen-bond acceptors (Lipinski definition) is 1. The van der Waals surface area contributed by atoms with Crippen LogP contribution in [-0.4, -0.2) is 11.1 Å². The largest absolute Gasteiger partial charge is 0.481 e. The number of benzene rings is 1. The quantitative estimate of drug-likeness (QED) is 0.664. The molecule has 0 saturated carbocycles. The number of alkyl halides is 3. The summed E-state index contributed by atoms with van der Waals surface area (Å²) in [6.45, 7) is 0. The molecule has 2 nitrogen and oxygen atoms in total. The summed E-state index contributed by atoms with van der Waals surface area (Å²) in [5.41, 5.74) is -2.68. The molecule has 1 aromatic rings. The number of carboxylic acid groups (broad SMARTS) is 1. The van der Waals surface area contributed by atoms with Gasteiger partial charge in [-0.3, -0.25) is 4.79 Å². The fourth-order valence-electron chi connectivity index (χ4n) is 1.15. The van der Waals surface area contributed by atoms with Gasteiger partial charge in [0.2, 0.25) is 0 Å². The first-order valence-electron chi connectivity index (χ1n) is 4.10. The number of carboxylic acids is 1. The first-order chi connectivity index (χ1) is 7.64. The second kappa shape index (κ2) is 4.48. The second-order valence-electron chi connectivity index (χ2n) is 3.08. The Balaban J connectivity index is 3.42. The van der Waals surface area contributed by atoms with E-state index in [2.05, 4.69) is 0 Å². The Morgan fingerprint density at radius 3 is 2.24 bits per heavy atom. The highest BCUT2D eigenvalue weighted by molar-refractivity contribution is 6.31. The van der Waals surface area contributed by atoms with Crippen molar-refractivity contribution in [1.29, 1.82) is 0 Å². The lowest BCUT2D eigenvalue weighted by molar-refractivity contribution is -0.140. The summed E-state index contributed by atoms with van der Waals surface area (Å²) >= 11 is 5.29. The maximum atomic E-state index is 13.2. The van der Waals surface area contributed by atoms with Crippen molar-refractivity contribution in [2.24, 2.45) is 0 Å². The third kappa shape index (κ3) is 2.85. The lowest BCUT2D eigenvalue weighted by Crippen LogP contribution is -2.13. The molecule has 8 heteroatoms. The molecular formula is C9H4ClF5O2. The van der Waals surface area contributed by atoms with E-state index < -0.39 is 46.4 Å². The maximum absolute atomic E-state index is 13.2. The topological polar surface area (TPSA) is 37.3 Å². The Morgan fingerprint density at radius 2 is 1.82 bits per heavy atom. The van der Waals surface area contributed by atoms with Crippen LogP contribution in [0.25, 0.3) is 0 Å². The summed E-state index contributed by atoms with van der Waals surface area (Å²) < 4.78 is 62.9. The standard InChI is InChI=1S/C9H4ClF5O2/c10-5-2-4(9(13,14)15)8(12)7(11)3(5)1-6(16)17/h2H,1H2,(H,16,17). The fourth-order valence-corrected chi connectivity index (χ4v) is 1.41. The van der Waals surface area contributed by atoms with Crippen LogP contribution in [0.15, 0.2) is 6.07 Å². The van der Waals surface area contributed by atoms with Gasteiger partial charge in [-0.1, -0.05) is 11.6 Å². The summed E-state index contributed by atoms with van der Waals surface area (Å²) in [6.07, 6.45) is -6.10. The number of rotatable bonds is 2. The zero-order valence-electron chi connectivity index (χ0n) is 7.91. The number of hydrogen-bond donors (Lipinski definition) is 1. The average molecular weight is 275 g/mol. The molecule has 17 heavy (non-hydrogen) atoms. The van der Waals surface area contributed by atoms with Crippen LogP contribution < -0.4 is 0 Å². The number of carbonyl (C=O) groups is 1. The molecule has 0 aliphatic heterocycles. The smallest absolute Gasteiger partial charge is 0.419 e. The van der Waals surface area contributed by atoms with Gasteiger partial charge in [0, 0.05) is 10.6 Å². The van der Waals surface area contributed by atoms with Gasteiger partial charge < -0.3 is 5.11 Å². The van der Waals surface area contributed by atoms with E-state index in [4.69, 9.17) is 16.7 Å². The van der Waals surface area contributed by atoms with Crippen LogP contribution in [-0.2, 0) is 17.4 Å². The van der Waals surface area contributed by atoms with Gasteiger partial charge in [-0.05, 0) is 6.07 Å². The predicted octanol–water partition coefficient (Wildman–Crippen LogP) is 3.26. The zero-order valence-corrected chi connectivity index (χ0v) is 8.66. The van der Waals surface area contributed by atoms with E-state index in [0.29, 0.717) is 0 Å². The summed E-state index contributed by atoms with van der Waals surface area (Å²) in [6, 6.07) is 0.165. The Bertz CT molecular complexity index is 469. The lowest BCUT2D eigenvalue weighted by atomic mass is 10.1. The monoisotopic (exact) mass is 274 g/mol. The Kier molecular flexibility index (Phi) is 3.61. The van der Waals surface area contributed by atoms with Gasteiger partial charge in [0.15, 0.2) is 11.6 Å². The molecule has 1 aromatic carbocycles. The van der Waals surface area contributed by atoms with E-state index in [1.807, 2.05) is 0 Å². The van der Waals surface area contributed by atoms with Gasteiger partial charge in [0.25, 0.3) is 0 Å². The van der Waals surface area contributed by atoms with Gasteiger partial charge in [0.05, 0.1) is 12.0 Å². The molecule has 0 aromatic heterocycles. The number of aliphatic carboxylic acids is 1. The highest BCUT2D eigenvalue weighted by Crippen LogP contribution is 2.36. The molecule has 0 heterocycles. The molecule has 0 spiro atoms. The minimum Gasteiger partial charge on any atom is -0.481 e. The van der Waals surface area contributed by atoms with Crippen molar-refractivity contribution in [2.75, 3.05) is 0 Å². The minimum atomic E-state index is -5.10. The molecule has 0 fully saturated rings. The van der Waals surface area contributed by atoms with Crippen LogP contribution in [0.3, 0.4) is 0 Å². The van der Waals surface area contributed by atoms with E-state index in [1.54, 1.807) is 0 Å². The van der Waals surface area contributed by atoms with Crippen LogP contribution >= 0.6 is 11.6 Å². The van der Waals surface area contributed by atoms with Gasteiger partial charge >= 0.3 is 12.1 Å². The highest BCUT2D eigenvalue weighted by Gasteiger charge is 2.37. The van der Waals surface area contributed by atoms with Crippen molar-refractivity contribution in [1.82, 2.24) is 0 Å². The normalized spacial score (nSPS) is 11.6. The molecule has 0 aliphatic rings. The highest BCUT2D eigenvalue weighted by atomic mass is 35.5. The van der Waals surface area contributed by atoms with Crippen LogP contribution in [0.5, 0.6) is 0 Å². The molecule has 0 aliphatic carbocycles. The van der Waals surface area contributed by atoms with Crippen LogP contribution in [0, 0.1) is 11.6 Å². The van der Waals surface area contributed by atoms with Crippen molar-refractivity contribution in [2.45, 2.75) is 12.6 Å². The molecule has 1 N–H and O–H groups in total. The van der Waals surface area contributed by atoms with Crippen molar-refractivity contribution in [3.8, 4) is 0 Å². The third-order valence-electron chi connectivity index (χ3n) is 1.89. The van der Waals surface area contributed by atoms with Crippen LogP contribution in [0.2, 0.25) is 5.02 Å². The lowest BCUT2D eigenvalue weighted by Gasteiger charge is -2.12. The molecule has 0 bridgehead atoms. The summed E-state index contributed by atoms with van der Waals surface area (Å²) in [5, 5.41) is 7.59. The van der Waals surface area contributed by atoms with Crippen molar-refractivity contribution >= 4 is 17.6 Å². The van der Waals surface area contributed by atoms with Crippen LogP contribution in [0.4, 0.5) is 22.0 Å². The summed E-state index contributed by atoms with van der Waals surface area (Å²) in [4.78, 5) is 10.3. The van der Waals surface area contributed by atoms with Crippen LogP contribution in [0.1, 0.15) is 11.1 Å². The molecule has 0 unspecified atom stereocenters.